The summed E-state index contributed by atoms with van der Waals surface area (Å²) in [5, 5.41) is 11.6. The van der Waals surface area contributed by atoms with E-state index in [1.54, 1.807) is 19.1 Å². The van der Waals surface area contributed by atoms with Gasteiger partial charge in [0.15, 0.2) is 0 Å². The average molecular weight is 300 g/mol. The molecule has 0 aliphatic carbocycles. The number of hydrogen-bond acceptors (Lipinski definition) is 4. The van der Waals surface area contributed by atoms with E-state index >= 15 is 0 Å². The number of pyridine rings is 1. The molecule has 2 heterocycles. The van der Waals surface area contributed by atoms with E-state index in [2.05, 4.69) is 10.3 Å². The Morgan fingerprint density at radius 1 is 1.38 bits per heavy atom. The number of nitrogens with zero attached hydrogens (tertiary/aromatic N) is 1. The number of aromatic nitrogens is 1. The maximum atomic E-state index is 12.7. The van der Waals surface area contributed by atoms with Crippen LogP contribution in [-0.2, 0) is 6.18 Å². The molecule has 0 aromatic carbocycles. The van der Waals surface area contributed by atoms with Gasteiger partial charge in [0, 0.05) is 0 Å². The summed E-state index contributed by atoms with van der Waals surface area (Å²) >= 11 is 0. The highest BCUT2D eigenvalue weighted by Crippen LogP contribution is 2.30. The lowest BCUT2D eigenvalue weighted by molar-refractivity contribution is -0.141. The van der Waals surface area contributed by atoms with Crippen molar-refractivity contribution < 1.29 is 27.5 Å². The van der Waals surface area contributed by atoms with Gasteiger partial charge in [-0.2, -0.15) is 13.2 Å². The summed E-state index contributed by atoms with van der Waals surface area (Å²) in [5.74, 6) is -1.28. The van der Waals surface area contributed by atoms with E-state index in [-0.39, 0.29) is 11.4 Å². The number of hydrogen-bond donors (Lipinski definition) is 2. The lowest BCUT2D eigenvalue weighted by Crippen LogP contribution is -2.16. The van der Waals surface area contributed by atoms with Crippen LogP contribution < -0.4 is 5.32 Å². The molecule has 2 rings (SSSR count). The normalized spacial score (nSPS) is 13.0. The summed E-state index contributed by atoms with van der Waals surface area (Å²) in [7, 11) is 0. The molecular weight excluding hydrogens is 289 g/mol. The van der Waals surface area contributed by atoms with Crippen LogP contribution in [0.2, 0.25) is 0 Å². The van der Waals surface area contributed by atoms with Crippen LogP contribution >= 0.6 is 0 Å². The number of carboxylic acid groups (broad SMARTS) is 1. The van der Waals surface area contributed by atoms with Crippen molar-refractivity contribution in [1.29, 1.82) is 0 Å². The van der Waals surface area contributed by atoms with Gasteiger partial charge < -0.3 is 14.8 Å². The first-order chi connectivity index (χ1) is 9.79. The minimum atomic E-state index is -4.65. The predicted molar refractivity (Wildman–Crippen MR) is 66.9 cm³/mol. The zero-order valence-electron chi connectivity index (χ0n) is 10.8. The van der Waals surface area contributed by atoms with Gasteiger partial charge in [-0.25, -0.2) is 9.78 Å². The van der Waals surface area contributed by atoms with E-state index in [4.69, 9.17) is 9.52 Å². The highest BCUT2D eigenvalue weighted by molar-refractivity contribution is 5.93. The van der Waals surface area contributed by atoms with Crippen LogP contribution in [0, 0.1) is 0 Å². The summed E-state index contributed by atoms with van der Waals surface area (Å²) in [4.78, 5) is 14.4. The molecule has 0 amide bonds. The molecular formula is C13H11F3N2O3. The second-order valence-corrected chi connectivity index (χ2v) is 4.28. The maximum absolute atomic E-state index is 12.7. The molecule has 2 aromatic rings. The number of carbonyl (C=O) groups is 1. The Labute approximate surface area is 117 Å². The number of halogens is 3. The molecule has 0 saturated heterocycles. The number of aromatic carboxylic acids is 1. The van der Waals surface area contributed by atoms with Gasteiger partial charge in [0.2, 0.25) is 0 Å². The van der Waals surface area contributed by atoms with Gasteiger partial charge in [0.25, 0.3) is 0 Å². The molecule has 21 heavy (non-hydrogen) atoms. The topological polar surface area (TPSA) is 75.4 Å². The number of furan rings is 1. The fourth-order valence-corrected chi connectivity index (χ4v) is 1.71. The number of alkyl halides is 3. The van der Waals surface area contributed by atoms with Crippen molar-refractivity contribution in [2.24, 2.45) is 0 Å². The molecule has 0 bridgehead atoms. The van der Waals surface area contributed by atoms with Crippen molar-refractivity contribution >= 4 is 11.8 Å². The molecule has 5 nitrogen and oxygen atoms in total. The molecule has 0 fully saturated rings. The van der Waals surface area contributed by atoms with E-state index in [1.165, 1.54) is 6.26 Å². The summed E-state index contributed by atoms with van der Waals surface area (Å²) in [5.41, 5.74) is -1.51. The molecule has 112 valence electrons. The largest absolute Gasteiger partial charge is 0.478 e. The fourth-order valence-electron chi connectivity index (χ4n) is 1.71. The van der Waals surface area contributed by atoms with Crippen LogP contribution in [0.1, 0.15) is 34.8 Å². The number of carboxylic acids is 1. The molecule has 0 aliphatic heterocycles. The standard InChI is InChI=1S/C13H11F3N2O3/c1-7(9-3-2-6-21-9)17-11-8(12(19)20)4-5-10(18-11)13(14,15)16/h2-7H,1H3,(H,17,18)(H,19,20). The van der Waals surface area contributed by atoms with Crippen molar-refractivity contribution in [3.8, 4) is 0 Å². The lowest BCUT2D eigenvalue weighted by Gasteiger charge is -2.15. The third-order valence-corrected chi connectivity index (χ3v) is 2.74. The van der Waals surface area contributed by atoms with Crippen molar-refractivity contribution in [3.05, 3.63) is 47.5 Å². The van der Waals surface area contributed by atoms with Gasteiger partial charge in [-0.15, -0.1) is 0 Å². The highest BCUT2D eigenvalue weighted by atomic mass is 19.4. The third-order valence-electron chi connectivity index (χ3n) is 2.74. The van der Waals surface area contributed by atoms with Crippen LogP contribution in [-0.4, -0.2) is 16.1 Å². The summed E-state index contributed by atoms with van der Waals surface area (Å²) in [6, 6.07) is 4.20. The number of rotatable bonds is 4. The van der Waals surface area contributed by atoms with E-state index in [0.717, 1.165) is 6.07 Å². The van der Waals surface area contributed by atoms with Gasteiger partial charge in [-0.05, 0) is 31.2 Å². The van der Waals surface area contributed by atoms with E-state index in [0.29, 0.717) is 11.8 Å². The Morgan fingerprint density at radius 3 is 2.62 bits per heavy atom. The van der Waals surface area contributed by atoms with Crippen molar-refractivity contribution in [3.63, 3.8) is 0 Å². The Hall–Kier alpha value is -2.51. The molecule has 0 radical (unpaired) electrons. The molecule has 0 aliphatic rings. The summed E-state index contributed by atoms with van der Waals surface area (Å²) in [6.45, 7) is 1.62. The second-order valence-electron chi connectivity index (χ2n) is 4.28. The van der Waals surface area contributed by atoms with Crippen LogP contribution in [0.3, 0.4) is 0 Å². The Morgan fingerprint density at radius 2 is 2.10 bits per heavy atom. The SMILES string of the molecule is CC(Nc1nc(C(F)(F)F)ccc1C(=O)O)c1ccco1. The maximum Gasteiger partial charge on any atom is 0.433 e. The summed E-state index contributed by atoms with van der Waals surface area (Å²) in [6.07, 6.45) is -3.24. The molecule has 0 saturated carbocycles. The molecule has 0 spiro atoms. The zero-order valence-corrected chi connectivity index (χ0v) is 10.8. The van der Waals surface area contributed by atoms with Crippen LogP contribution in [0.4, 0.5) is 19.0 Å². The molecule has 2 aromatic heterocycles. The van der Waals surface area contributed by atoms with Crippen molar-refractivity contribution in [2.75, 3.05) is 5.32 Å². The van der Waals surface area contributed by atoms with Crippen molar-refractivity contribution in [1.82, 2.24) is 4.98 Å². The fraction of sp³-hybridized carbons (Fsp3) is 0.231. The zero-order chi connectivity index (χ0) is 15.6. The van der Waals surface area contributed by atoms with Gasteiger partial charge in [0.1, 0.15) is 22.8 Å². The van der Waals surface area contributed by atoms with Gasteiger partial charge in [0.05, 0.1) is 12.3 Å². The van der Waals surface area contributed by atoms with Gasteiger partial charge >= 0.3 is 12.1 Å². The Kier molecular flexibility index (Phi) is 3.88. The first-order valence-corrected chi connectivity index (χ1v) is 5.90. The van der Waals surface area contributed by atoms with Crippen molar-refractivity contribution in [2.45, 2.75) is 19.1 Å². The molecule has 8 heteroatoms. The minimum absolute atomic E-state index is 0.346. The third kappa shape index (κ3) is 3.33. The predicted octanol–water partition coefficient (Wildman–Crippen LogP) is 3.56. The Bertz CT molecular complexity index is 639. The molecule has 1 atom stereocenters. The first kappa shape index (κ1) is 14.9. The van der Waals surface area contributed by atoms with Crippen LogP contribution in [0.25, 0.3) is 0 Å². The summed E-state index contributed by atoms with van der Waals surface area (Å²) < 4.78 is 43.1. The Balaban J connectivity index is 2.37. The second kappa shape index (κ2) is 5.47. The monoisotopic (exact) mass is 300 g/mol. The smallest absolute Gasteiger partial charge is 0.433 e. The first-order valence-electron chi connectivity index (χ1n) is 5.90. The van der Waals surface area contributed by atoms with E-state index < -0.39 is 23.9 Å². The molecule has 2 N–H and O–H groups in total. The minimum Gasteiger partial charge on any atom is -0.478 e. The molecule has 1 unspecified atom stereocenters. The van der Waals surface area contributed by atoms with E-state index in [1.807, 2.05) is 0 Å². The van der Waals surface area contributed by atoms with Gasteiger partial charge in [-0.1, -0.05) is 0 Å². The van der Waals surface area contributed by atoms with E-state index in [9.17, 15) is 18.0 Å². The van der Waals surface area contributed by atoms with Gasteiger partial charge in [-0.3, -0.25) is 0 Å². The lowest BCUT2D eigenvalue weighted by atomic mass is 10.2. The van der Waals surface area contributed by atoms with Crippen LogP contribution in [0.5, 0.6) is 0 Å². The number of nitrogens with one attached hydrogen (secondary N) is 1. The average Bonchev–Trinajstić information content (AvgIpc) is 2.91. The van der Waals surface area contributed by atoms with Crippen LogP contribution in [0.15, 0.2) is 34.9 Å². The number of anilines is 1. The quantitative estimate of drug-likeness (QED) is 0.903. The highest BCUT2D eigenvalue weighted by Gasteiger charge is 2.33.